The second-order valence-corrected chi connectivity index (χ2v) is 3.96. The van der Waals surface area contributed by atoms with E-state index in [0.717, 1.165) is 14.3 Å². The number of aromatic hydroxyl groups is 2. The van der Waals surface area contributed by atoms with Crippen molar-refractivity contribution in [1.29, 1.82) is 0 Å². The van der Waals surface area contributed by atoms with Crippen LogP contribution in [0, 0.1) is 3.57 Å². The van der Waals surface area contributed by atoms with Gasteiger partial charge >= 0.3 is 0 Å². The monoisotopic (exact) mass is 286 g/mol. The minimum atomic E-state index is -0.0745. The highest BCUT2D eigenvalue weighted by Gasteiger charge is 2.03. The topological polar surface area (TPSA) is 40.5 Å². The quantitative estimate of drug-likeness (QED) is 0.577. The maximum absolute atomic E-state index is 9.29. The predicted octanol–water partition coefficient (Wildman–Crippen LogP) is 2.86. The van der Waals surface area contributed by atoms with Crippen LogP contribution in [0.2, 0.25) is 0 Å². The van der Waals surface area contributed by atoms with Crippen molar-refractivity contribution in [2.75, 3.05) is 0 Å². The number of hydrogen-bond acceptors (Lipinski definition) is 2. The summed E-state index contributed by atoms with van der Waals surface area (Å²) in [5, 5.41) is 20.4. The molecule has 2 rings (SSSR count). The van der Waals surface area contributed by atoms with Crippen LogP contribution < -0.4 is 0 Å². The molecule has 0 heterocycles. The van der Waals surface area contributed by atoms with Crippen molar-refractivity contribution in [3.05, 3.63) is 33.9 Å². The summed E-state index contributed by atoms with van der Waals surface area (Å²) >= 11 is 2.19. The molecule has 0 aliphatic carbocycles. The maximum atomic E-state index is 9.29. The molecule has 0 amide bonds. The van der Waals surface area contributed by atoms with Gasteiger partial charge in [0.1, 0.15) is 0 Å². The Morgan fingerprint density at radius 2 is 1.69 bits per heavy atom. The number of fused-ring (bicyclic) bond motifs is 1. The minimum absolute atomic E-state index is 0.0726. The van der Waals surface area contributed by atoms with E-state index in [-0.39, 0.29) is 11.5 Å². The van der Waals surface area contributed by atoms with Crippen molar-refractivity contribution in [3.8, 4) is 11.5 Å². The van der Waals surface area contributed by atoms with E-state index in [1.54, 1.807) is 12.1 Å². The molecule has 2 N–H and O–H groups in total. The third kappa shape index (κ3) is 1.44. The van der Waals surface area contributed by atoms with Gasteiger partial charge in [-0.15, -0.1) is 0 Å². The van der Waals surface area contributed by atoms with Crippen LogP contribution in [0.3, 0.4) is 0 Å². The van der Waals surface area contributed by atoms with Crippen LogP contribution in [0.5, 0.6) is 11.5 Å². The molecule has 0 fully saturated rings. The van der Waals surface area contributed by atoms with E-state index in [2.05, 4.69) is 22.6 Å². The van der Waals surface area contributed by atoms with Gasteiger partial charge in [-0.05, 0) is 51.6 Å². The molecule has 0 aliphatic heterocycles. The zero-order valence-electron chi connectivity index (χ0n) is 6.66. The van der Waals surface area contributed by atoms with Gasteiger partial charge in [0.05, 0.1) is 0 Å². The summed E-state index contributed by atoms with van der Waals surface area (Å²) in [7, 11) is 0. The van der Waals surface area contributed by atoms with E-state index in [9.17, 15) is 10.2 Å². The second-order valence-electron chi connectivity index (χ2n) is 2.80. The molecule has 2 nitrogen and oxygen atoms in total. The van der Waals surface area contributed by atoms with Crippen molar-refractivity contribution >= 4 is 33.4 Å². The second kappa shape index (κ2) is 3.06. The summed E-state index contributed by atoms with van der Waals surface area (Å²) in [6.45, 7) is 0. The van der Waals surface area contributed by atoms with Gasteiger partial charge in [-0.2, -0.15) is 0 Å². The molecule has 3 heteroatoms. The normalized spacial score (nSPS) is 10.5. The zero-order valence-corrected chi connectivity index (χ0v) is 8.82. The number of rotatable bonds is 0. The SMILES string of the molecule is Oc1cc2cccc(I)c2cc1O. The van der Waals surface area contributed by atoms with Gasteiger partial charge < -0.3 is 10.2 Å². The molecular formula is C10H7IO2. The Morgan fingerprint density at radius 3 is 2.46 bits per heavy atom. The lowest BCUT2D eigenvalue weighted by atomic mass is 10.1. The fourth-order valence-corrected chi connectivity index (χ4v) is 1.94. The van der Waals surface area contributed by atoms with Crippen molar-refractivity contribution in [1.82, 2.24) is 0 Å². The zero-order chi connectivity index (χ0) is 9.42. The van der Waals surface area contributed by atoms with Crippen LogP contribution >= 0.6 is 22.6 Å². The standard InChI is InChI=1S/C10H7IO2/c11-8-3-1-2-6-4-9(12)10(13)5-7(6)8/h1-5,12-13H. The number of hydrogen-bond donors (Lipinski definition) is 2. The summed E-state index contributed by atoms with van der Waals surface area (Å²) in [5.74, 6) is -0.147. The summed E-state index contributed by atoms with van der Waals surface area (Å²) in [6.07, 6.45) is 0. The molecule has 2 aromatic rings. The lowest BCUT2D eigenvalue weighted by Gasteiger charge is -2.02. The van der Waals surface area contributed by atoms with E-state index < -0.39 is 0 Å². The molecular weight excluding hydrogens is 279 g/mol. The van der Waals surface area contributed by atoms with Crippen LogP contribution in [0.1, 0.15) is 0 Å². The average Bonchev–Trinajstić information content (AvgIpc) is 2.09. The smallest absolute Gasteiger partial charge is 0.158 e. The van der Waals surface area contributed by atoms with E-state index in [1.165, 1.54) is 0 Å². The molecule has 0 radical (unpaired) electrons. The van der Waals surface area contributed by atoms with E-state index in [4.69, 9.17) is 0 Å². The highest BCUT2D eigenvalue weighted by molar-refractivity contribution is 14.1. The molecule has 0 unspecified atom stereocenters. The molecule has 0 saturated carbocycles. The Labute approximate surface area is 89.0 Å². The highest BCUT2D eigenvalue weighted by atomic mass is 127. The van der Waals surface area contributed by atoms with Crippen molar-refractivity contribution in [2.24, 2.45) is 0 Å². The fraction of sp³-hybridized carbons (Fsp3) is 0. The van der Waals surface area contributed by atoms with E-state index in [1.807, 2.05) is 18.2 Å². The molecule has 0 aromatic heterocycles. The molecule has 0 saturated heterocycles. The van der Waals surface area contributed by atoms with Gasteiger partial charge in [-0.3, -0.25) is 0 Å². The number of benzene rings is 2. The van der Waals surface area contributed by atoms with Gasteiger partial charge in [0.15, 0.2) is 11.5 Å². The fourth-order valence-electron chi connectivity index (χ4n) is 1.26. The lowest BCUT2D eigenvalue weighted by molar-refractivity contribution is 0.405. The van der Waals surface area contributed by atoms with Crippen LogP contribution in [-0.2, 0) is 0 Å². The summed E-state index contributed by atoms with van der Waals surface area (Å²) in [5.41, 5.74) is 0. The first kappa shape index (κ1) is 8.62. The van der Waals surface area contributed by atoms with E-state index >= 15 is 0 Å². The first-order chi connectivity index (χ1) is 6.18. The Kier molecular flexibility index (Phi) is 2.03. The van der Waals surface area contributed by atoms with Gasteiger partial charge in [0.25, 0.3) is 0 Å². The molecule has 0 spiro atoms. The molecule has 66 valence electrons. The Morgan fingerprint density at radius 1 is 1.00 bits per heavy atom. The van der Waals surface area contributed by atoms with Gasteiger partial charge in [-0.1, -0.05) is 12.1 Å². The molecule has 0 aliphatic rings. The van der Waals surface area contributed by atoms with Crippen LogP contribution in [0.25, 0.3) is 10.8 Å². The van der Waals surface area contributed by atoms with Gasteiger partial charge in [-0.25, -0.2) is 0 Å². The molecule has 2 aromatic carbocycles. The third-order valence-electron chi connectivity index (χ3n) is 1.92. The number of phenolic OH excluding ortho intramolecular Hbond substituents is 2. The Bertz CT molecular complexity index is 466. The Balaban J connectivity index is 2.89. The lowest BCUT2D eigenvalue weighted by Crippen LogP contribution is -1.77. The Hall–Kier alpha value is -0.970. The number of phenols is 2. The maximum Gasteiger partial charge on any atom is 0.158 e. The van der Waals surface area contributed by atoms with E-state index in [0.29, 0.717) is 0 Å². The van der Waals surface area contributed by atoms with Gasteiger partial charge in [0.2, 0.25) is 0 Å². The van der Waals surface area contributed by atoms with Crippen LogP contribution in [0.15, 0.2) is 30.3 Å². The largest absolute Gasteiger partial charge is 0.504 e. The minimum Gasteiger partial charge on any atom is -0.504 e. The van der Waals surface area contributed by atoms with Crippen LogP contribution in [-0.4, -0.2) is 10.2 Å². The van der Waals surface area contributed by atoms with Crippen molar-refractivity contribution < 1.29 is 10.2 Å². The van der Waals surface area contributed by atoms with Crippen molar-refractivity contribution in [3.63, 3.8) is 0 Å². The van der Waals surface area contributed by atoms with Crippen molar-refractivity contribution in [2.45, 2.75) is 0 Å². The van der Waals surface area contributed by atoms with Gasteiger partial charge in [0, 0.05) is 3.57 Å². The first-order valence-corrected chi connectivity index (χ1v) is 4.86. The van der Waals surface area contributed by atoms with Crippen LogP contribution in [0.4, 0.5) is 0 Å². The summed E-state index contributed by atoms with van der Waals surface area (Å²) in [4.78, 5) is 0. The summed E-state index contributed by atoms with van der Waals surface area (Å²) in [6, 6.07) is 8.91. The predicted molar refractivity (Wildman–Crippen MR) is 60.0 cm³/mol. The first-order valence-electron chi connectivity index (χ1n) is 3.78. The average molecular weight is 286 g/mol. The molecule has 0 atom stereocenters. The highest BCUT2D eigenvalue weighted by Crippen LogP contribution is 2.32. The molecule has 0 bridgehead atoms. The summed E-state index contributed by atoms with van der Waals surface area (Å²) < 4.78 is 1.06. The molecule has 13 heavy (non-hydrogen) atoms. The third-order valence-corrected chi connectivity index (χ3v) is 2.86. The number of halogens is 1.